The minimum atomic E-state index is 0.506. The summed E-state index contributed by atoms with van der Waals surface area (Å²) in [4.78, 5) is 9.28. The van der Waals surface area contributed by atoms with Gasteiger partial charge in [0.05, 0.1) is 5.69 Å². The molecule has 2 aromatic rings. The molecule has 3 rings (SSSR count). The number of nitrogens with zero attached hydrogens (tertiary/aromatic N) is 2. The number of benzene rings is 1. The fourth-order valence-corrected chi connectivity index (χ4v) is 2.92. The van der Waals surface area contributed by atoms with Crippen molar-refractivity contribution in [2.75, 3.05) is 17.7 Å². The number of anilines is 3. The van der Waals surface area contributed by atoms with E-state index in [0.29, 0.717) is 10.9 Å². The Bertz CT molecular complexity index is 686. The van der Waals surface area contributed by atoms with E-state index >= 15 is 0 Å². The van der Waals surface area contributed by atoms with E-state index < -0.39 is 0 Å². The molecule has 0 bridgehead atoms. The molecule has 0 amide bonds. The lowest BCUT2D eigenvalue weighted by molar-refractivity contribution is 0.923. The molecule has 0 unspecified atom stereocenters. The van der Waals surface area contributed by atoms with Crippen LogP contribution in [-0.2, 0) is 0 Å². The lowest BCUT2D eigenvalue weighted by Gasteiger charge is -2.14. The van der Waals surface area contributed by atoms with Gasteiger partial charge in [-0.3, -0.25) is 0 Å². The molecule has 1 aromatic carbocycles. The first-order valence-electron chi connectivity index (χ1n) is 6.87. The van der Waals surface area contributed by atoms with Crippen LogP contribution in [0.5, 0.6) is 0 Å². The van der Waals surface area contributed by atoms with Gasteiger partial charge in [-0.05, 0) is 53.9 Å². The molecule has 1 heterocycles. The van der Waals surface area contributed by atoms with Crippen molar-refractivity contribution in [1.82, 2.24) is 9.97 Å². The molecular weight excluding hydrogens is 352 g/mol. The predicted molar refractivity (Wildman–Crippen MR) is 90.7 cm³/mol. The Balaban J connectivity index is 1.98. The summed E-state index contributed by atoms with van der Waals surface area (Å²) in [7, 11) is 1.88. The molecule has 0 spiro atoms. The smallest absolute Gasteiger partial charge is 0.139 e. The van der Waals surface area contributed by atoms with Gasteiger partial charge in [-0.25, -0.2) is 9.97 Å². The third-order valence-corrected chi connectivity index (χ3v) is 4.42. The van der Waals surface area contributed by atoms with Crippen molar-refractivity contribution in [2.45, 2.75) is 25.7 Å². The number of nitrogens with one attached hydrogen (secondary N) is 2. The van der Waals surface area contributed by atoms with Crippen molar-refractivity contribution in [3.05, 3.63) is 39.1 Å². The highest BCUT2D eigenvalue weighted by Crippen LogP contribution is 2.40. The summed E-state index contributed by atoms with van der Waals surface area (Å²) in [6.45, 7) is 2.01. The van der Waals surface area contributed by atoms with Crippen LogP contribution in [0.2, 0.25) is 5.02 Å². The van der Waals surface area contributed by atoms with Crippen LogP contribution in [0.3, 0.4) is 0 Å². The molecule has 0 atom stereocenters. The van der Waals surface area contributed by atoms with Crippen molar-refractivity contribution in [1.29, 1.82) is 0 Å². The minimum Gasteiger partial charge on any atom is -0.373 e. The fourth-order valence-electron chi connectivity index (χ4n) is 2.14. The zero-order valence-corrected chi connectivity index (χ0v) is 14.2. The summed E-state index contributed by atoms with van der Waals surface area (Å²) in [6.07, 6.45) is 2.35. The maximum Gasteiger partial charge on any atom is 0.139 e. The molecule has 1 aliphatic carbocycles. The Labute approximate surface area is 137 Å². The molecule has 1 aliphatic rings. The molecule has 0 aliphatic heterocycles. The third kappa shape index (κ3) is 3.14. The van der Waals surface area contributed by atoms with Crippen LogP contribution >= 0.6 is 27.5 Å². The Kier molecular flexibility index (Phi) is 4.04. The molecule has 6 heteroatoms. The molecule has 21 heavy (non-hydrogen) atoms. The quantitative estimate of drug-likeness (QED) is 0.810. The summed E-state index contributed by atoms with van der Waals surface area (Å²) >= 11 is 9.50. The van der Waals surface area contributed by atoms with Crippen molar-refractivity contribution in [2.24, 2.45) is 0 Å². The Morgan fingerprint density at radius 3 is 2.57 bits per heavy atom. The van der Waals surface area contributed by atoms with Gasteiger partial charge in [0.1, 0.15) is 17.5 Å². The van der Waals surface area contributed by atoms with Gasteiger partial charge in [0.2, 0.25) is 0 Å². The van der Waals surface area contributed by atoms with Crippen LogP contribution in [0.25, 0.3) is 0 Å². The second-order valence-electron chi connectivity index (χ2n) is 5.18. The van der Waals surface area contributed by atoms with Gasteiger partial charge in [0.25, 0.3) is 0 Å². The molecule has 2 N–H and O–H groups in total. The van der Waals surface area contributed by atoms with Gasteiger partial charge >= 0.3 is 0 Å². The Hall–Kier alpha value is -1.33. The van der Waals surface area contributed by atoms with Crippen LogP contribution in [0.15, 0.2) is 22.7 Å². The second kappa shape index (κ2) is 5.81. The van der Waals surface area contributed by atoms with E-state index in [9.17, 15) is 0 Å². The monoisotopic (exact) mass is 366 g/mol. The van der Waals surface area contributed by atoms with Crippen LogP contribution in [-0.4, -0.2) is 17.0 Å². The number of rotatable bonds is 4. The molecule has 1 fully saturated rings. The van der Waals surface area contributed by atoms with Gasteiger partial charge in [-0.2, -0.15) is 0 Å². The van der Waals surface area contributed by atoms with Gasteiger partial charge < -0.3 is 10.6 Å². The number of hydrogen-bond acceptors (Lipinski definition) is 4. The minimum absolute atomic E-state index is 0.506. The summed E-state index contributed by atoms with van der Waals surface area (Å²) in [6, 6.07) is 5.65. The van der Waals surface area contributed by atoms with E-state index in [1.807, 2.05) is 32.2 Å². The van der Waals surface area contributed by atoms with Crippen LogP contribution < -0.4 is 10.6 Å². The Morgan fingerprint density at radius 1 is 1.24 bits per heavy atom. The molecule has 110 valence electrons. The largest absolute Gasteiger partial charge is 0.373 e. The van der Waals surface area contributed by atoms with Crippen LogP contribution in [0, 0.1) is 6.92 Å². The molecule has 1 aromatic heterocycles. The van der Waals surface area contributed by atoms with Gasteiger partial charge in [-0.15, -0.1) is 0 Å². The van der Waals surface area contributed by atoms with Gasteiger partial charge in [0, 0.05) is 28.0 Å². The van der Waals surface area contributed by atoms with Crippen molar-refractivity contribution >= 4 is 44.9 Å². The zero-order chi connectivity index (χ0) is 15.0. The second-order valence-corrected chi connectivity index (χ2v) is 6.47. The van der Waals surface area contributed by atoms with Gasteiger partial charge in [0.15, 0.2) is 0 Å². The number of halogens is 2. The van der Waals surface area contributed by atoms with Crippen LogP contribution in [0.1, 0.15) is 30.1 Å². The van der Waals surface area contributed by atoms with E-state index in [-0.39, 0.29) is 0 Å². The first-order chi connectivity index (χ1) is 10.1. The molecule has 4 nitrogen and oxygen atoms in total. The maximum absolute atomic E-state index is 5.98. The van der Waals surface area contributed by atoms with E-state index in [0.717, 1.165) is 33.2 Å². The van der Waals surface area contributed by atoms with Crippen molar-refractivity contribution < 1.29 is 0 Å². The first kappa shape index (κ1) is 14.6. The van der Waals surface area contributed by atoms with Crippen molar-refractivity contribution in [3.8, 4) is 0 Å². The summed E-state index contributed by atoms with van der Waals surface area (Å²) in [5, 5.41) is 7.21. The average molecular weight is 368 g/mol. The van der Waals surface area contributed by atoms with E-state index in [4.69, 9.17) is 11.6 Å². The van der Waals surface area contributed by atoms with E-state index in [1.165, 1.54) is 12.8 Å². The normalized spacial score (nSPS) is 14.1. The molecule has 0 radical (unpaired) electrons. The lowest BCUT2D eigenvalue weighted by atomic mass is 10.2. The highest BCUT2D eigenvalue weighted by Gasteiger charge is 2.28. The van der Waals surface area contributed by atoms with E-state index in [1.54, 1.807) is 0 Å². The van der Waals surface area contributed by atoms with Gasteiger partial charge in [-0.1, -0.05) is 11.6 Å². The topological polar surface area (TPSA) is 49.8 Å². The molecule has 0 saturated heterocycles. The molecular formula is C15H16BrClN4. The Morgan fingerprint density at radius 2 is 1.95 bits per heavy atom. The highest BCUT2D eigenvalue weighted by molar-refractivity contribution is 9.10. The standard InChI is InChI=1S/C15H16BrClN4/c1-8-13(18-2)20-15(9-3-4-9)21-14(8)19-12-6-5-10(17)7-11(12)16/h5-7,9H,3-4H2,1-2H3,(H2,18,19,20,21). The predicted octanol–water partition coefficient (Wildman–Crippen LogP) is 4.86. The van der Waals surface area contributed by atoms with Crippen LogP contribution in [0.4, 0.5) is 17.3 Å². The highest BCUT2D eigenvalue weighted by atomic mass is 79.9. The fraction of sp³-hybridized carbons (Fsp3) is 0.333. The summed E-state index contributed by atoms with van der Waals surface area (Å²) in [5.74, 6) is 3.13. The first-order valence-corrected chi connectivity index (χ1v) is 8.04. The number of hydrogen-bond donors (Lipinski definition) is 2. The van der Waals surface area contributed by atoms with Crippen molar-refractivity contribution in [3.63, 3.8) is 0 Å². The average Bonchev–Trinajstić information content (AvgIpc) is 3.28. The summed E-state index contributed by atoms with van der Waals surface area (Å²) < 4.78 is 0.909. The van der Waals surface area contributed by atoms with E-state index in [2.05, 4.69) is 36.5 Å². The molecule has 1 saturated carbocycles. The third-order valence-electron chi connectivity index (χ3n) is 3.53. The maximum atomic E-state index is 5.98. The summed E-state index contributed by atoms with van der Waals surface area (Å²) in [5.41, 5.74) is 1.94. The lowest BCUT2D eigenvalue weighted by Crippen LogP contribution is -2.07. The number of aromatic nitrogens is 2. The SMILES string of the molecule is CNc1nc(C2CC2)nc(Nc2ccc(Cl)cc2Br)c1C. The zero-order valence-electron chi connectivity index (χ0n) is 11.9.